The van der Waals surface area contributed by atoms with Crippen molar-refractivity contribution < 1.29 is 64.8 Å². The molecule has 0 aliphatic heterocycles. The van der Waals surface area contributed by atoms with Crippen LogP contribution in [0.3, 0.4) is 0 Å². The first kappa shape index (κ1) is 50.1. The lowest BCUT2D eigenvalue weighted by Crippen LogP contribution is -2.12. The van der Waals surface area contributed by atoms with Crippen molar-refractivity contribution in [3.05, 3.63) is 101 Å². The fourth-order valence-corrected chi connectivity index (χ4v) is 6.99. The van der Waals surface area contributed by atoms with Crippen LogP contribution in [0, 0.1) is 0 Å². The van der Waals surface area contributed by atoms with E-state index in [1.54, 1.807) is 65.6 Å². The van der Waals surface area contributed by atoms with Gasteiger partial charge in [0.15, 0.2) is 11.6 Å². The number of ketones is 2. The third-order valence-corrected chi connectivity index (χ3v) is 10.3. The maximum atomic E-state index is 12.7. The van der Waals surface area contributed by atoms with Gasteiger partial charge in [0.2, 0.25) is 0 Å². The van der Waals surface area contributed by atoms with Gasteiger partial charge in [-0.3, -0.25) is 28.2 Å². The maximum absolute atomic E-state index is 12.7. The van der Waals surface area contributed by atoms with Gasteiger partial charge in [0, 0.05) is 71.8 Å². The number of pyridine rings is 2. The van der Waals surface area contributed by atoms with Gasteiger partial charge in [0.05, 0.1) is 65.1 Å². The molecule has 0 atom stereocenters. The number of carbonyl (C=O) groups is 3. The Bertz CT molecular complexity index is 2730. The average molecular weight is 990 g/mol. The van der Waals surface area contributed by atoms with E-state index in [9.17, 15) is 40.7 Å². The van der Waals surface area contributed by atoms with Gasteiger partial charge in [-0.15, -0.1) is 0 Å². The summed E-state index contributed by atoms with van der Waals surface area (Å²) < 4.78 is 101. The number of carboxylic acids is 1. The van der Waals surface area contributed by atoms with Crippen molar-refractivity contribution in [2.75, 3.05) is 35.0 Å². The number of aliphatic carboxylic acids is 1. The van der Waals surface area contributed by atoms with Gasteiger partial charge >= 0.3 is 18.3 Å². The molecule has 4 aromatic heterocycles. The number of allylic oxidation sites excluding steroid dienone is 1. The summed E-state index contributed by atoms with van der Waals surface area (Å²) in [7, 11) is 5.35. The molecule has 0 saturated carbocycles. The highest BCUT2D eigenvalue weighted by atomic mass is 79.9. The Balaban J connectivity index is 0.000000259. The molecular weight excluding hydrogens is 946 g/mol. The summed E-state index contributed by atoms with van der Waals surface area (Å²) in [6.07, 6.45) is -2.51. The normalized spacial score (nSPS) is 12.0. The largest absolute Gasteiger partial charge is 0.496 e. The number of benzene rings is 2. The lowest BCUT2D eigenvalue weighted by atomic mass is 10.0. The van der Waals surface area contributed by atoms with Crippen LogP contribution in [0.2, 0.25) is 0 Å². The minimum Gasteiger partial charge on any atom is -0.496 e. The summed E-state index contributed by atoms with van der Waals surface area (Å²) in [6.45, 7) is 0.345. The molecule has 3 N–H and O–H groups in total. The van der Waals surface area contributed by atoms with Crippen LogP contribution < -0.4 is 24.7 Å². The molecule has 0 aliphatic rings. The van der Waals surface area contributed by atoms with Crippen LogP contribution in [0.25, 0.3) is 39.4 Å². The first-order valence-corrected chi connectivity index (χ1v) is 20.6. The van der Waals surface area contributed by atoms with E-state index >= 15 is 0 Å². The predicted molar refractivity (Wildman–Crippen MR) is 237 cm³/mol. The molecule has 0 aliphatic carbocycles. The number of methoxy groups -OCH3 is 4. The van der Waals surface area contributed by atoms with E-state index in [0.717, 1.165) is 10.0 Å². The molecule has 21 heteroatoms. The summed E-state index contributed by atoms with van der Waals surface area (Å²) in [4.78, 5) is 48.6. The number of hydrogen-bond acceptors (Lipinski definition) is 11. The Labute approximate surface area is 381 Å². The third kappa shape index (κ3) is 12.7. The summed E-state index contributed by atoms with van der Waals surface area (Å²) in [5, 5.41) is 8.72. The summed E-state index contributed by atoms with van der Waals surface area (Å²) in [5.41, 5.74) is 10.9. The van der Waals surface area contributed by atoms with E-state index in [2.05, 4.69) is 30.9 Å². The second kappa shape index (κ2) is 21.9. The van der Waals surface area contributed by atoms with E-state index in [-0.39, 0.29) is 40.5 Å². The van der Waals surface area contributed by atoms with Crippen LogP contribution >= 0.6 is 15.9 Å². The molecular formula is C45H43BrF6N6O8. The van der Waals surface area contributed by atoms with Crippen molar-refractivity contribution in [1.29, 1.82) is 0 Å². The molecule has 66 heavy (non-hydrogen) atoms. The zero-order valence-corrected chi connectivity index (χ0v) is 37.4. The van der Waals surface area contributed by atoms with E-state index < -0.39 is 55.6 Å². The van der Waals surface area contributed by atoms with Gasteiger partial charge in [-0.1, -0.05) is 15.9 Å². The number of Topliss-reactive ketones (excluding diaryl/α,β-unsaturated/α-hetero) is 2. The molecule has 0 bridgehead atoms. The van der Waals surface area contributed by atoms with Crippen molar-refractivity contribution in [2.45, 2.75) is 50.9 Å². The number of aliphatic imine (C=N–C) groups is 1. The first-order valence-electron chi connectivity index (χ1n) is 19.8. The number of ether oxygens (including phenoxy) is 4. The van der Waals surface area contributed by atoms with Crippen LogP contribution in [0.1, 0.15) is 64.8 Å². The molecule has 0 unspecified atom stereocenters. The lowest BCUT2D eigenvalue weighted by molar-refractivity contribution is -0.137. The maximum Gasteiger partial charge on any atom is 0.389 e. The molecule has 0 amide bonds. The second-order valence-corrected chi connectivity index (χ2v) is 15.2. The van der Waals surface area contributed by atoms with Gasteiger partial charge in [-0.25, -0.2) is 9.97 Å². The average Bonchev–Trinajstić information content (AvgIpc) is 3.91. The highest BCUT2D eigenvalue weighted by Crippen LogP contribution is 2.39. The fourth-order valence-electron chi connectivity index (χ4n) is 6.67. The van der Waals surface area contributed by atoms with Gasteiger partial charge in [0.25, 0.3) is 0 Å². The summed E-state index contributed by atoms with van der Waals surface area (Å²) >= 11 is 3.39. The molecule has 2 aromatic carbocycles. The minimum atomic E-state index is -4.46. The zero-order chi connectivity index (χ0) is 48.3. The third-order valence-electron chi connectivity index (χ3n) is 9.84. The number of aromatic nitrogens is 4. The molecule has 6 aromatic rings. The van der Waals surface area contributed by atoms with Crippen molar-refractivity contribution in [3.63, 3.8) is 0 Å². The van der Waals surface area contributed by atoms with E-state index in [0.29, 0.717) is 52.3 Å². The van der Waals surface area contributed by atoms with Gasteiger partial charge < -0.3 is 29.8 Å². The monoisotopic (exact) mass is 988 g/mol. The number of fused-ring (bicyclic) bond motifs is 2. The number of hydrogen-bond donors (Lipinski definition) is 2. The topological polar surface area (TPSA) is 181 Å². The van der Waals surface area contributed by atoms with Gasteiger partial charge in [-0.2, -0.15) is 26.3 Å². The Hall–Kier alpha value is -6.90. The number of carbonyl (C=O) groups excluding carboxylic acids is 2. The Morgan fingerprint density at radius 1 is 0.712 bits per heavy atom. The number of carboxylic acid groups (broad SMARTS) is 1. The number of halogens is 7. The molecule has 0 fully saturated rings. The Morgan fingerprint density at radius 3 is 1.56 bits per heavy atom. The van der Waals surface area contributed by atoms with Gasteiger partial charge in [0.1, 0.15) is 45.4 Å². The number of nitrogens with two attached hydrogens (primary N) is 1. The molecule has 0 saturated heterocycles. The Morgan fingerprint density at radius 2 is 1.15 bits per heavy atom. The van der Waals surface area contributed by atoms with Crippen LogP contribution in [0.15, 0.2) is 89.0 Å². The van der Waals surface area contributed by atoms with E-state index in [1.165, 1.54) is 34.6 Å². The van der Waals surface area contributed by atoms with Crippen molar-refractivity contribution in [1.82, 2.24) is 18.8 Å². The van der Waals surface area contributed by atoms with Crippen molar-refractivity contribution >= 4 is 56.5 Å². The SMILES string of the molecule is COc1cc(-c2cnc3cc(Br)ccn23)cc(OC)c1C(=O)CCC(F)(F)F.COc1cc(-c2cnc3cc(C(C=NCCCC(=O)O)=CN)ccn23)cc(OC)c1C(=O)CCC(F)(F)F. The van der Waals surface area contributed by atoms with Crippen molar-refractivity contribution in [2.24, 2.45) is 10.7 Å². The van der Waals surface area contributed by atoms with E-state index in [4.69, 9.17) is 29.8 Å². The zero-order valence-electron chi connectivity index (χ0n) is 35.8. The van der Waals surface area contributed by atoms with Crippen LogP contribution in [0.4, 0.5) is 26.3 Å². The molecule has 350 valence electrons. The van der Waals surface area contributed by atoms with Gasteiger partial charge in [-0.05, 0) is 60.5 Å². The Kier molecular flexibility index (Phi) is 16.6. The van der Waals surface area contributed by atoms with Crippen LogP contribution in [-0.4, -0.2) is 95.0 Å². The highest BCUT2D eigenvalue weighted by molar-refractivity contribution is 9.10. The van der Waals surface area contributed by atoms with E-state index in [1.807, 2.05) is 22.7 Å². The minimum absolute atomic E-state index is 0.00503. The predicted octanol–water partition coefficient (Wildman–Crippen LogP) is 10.1. The summed E-state index contributed by atoms with van der Waals surface area (Å²) in [5.74, 6) is -1.85. The molecule has 6 rings (SSSR count). The standard InChI is InChI=1S/C26H27F3N4O5.C19H16BrF3N2O3/c1-37-21-10-17(11-22(38-2)25(21)20(34)5-7-26(27,28)29)19-15-32-23-12-16(6-9-33(19)23)18(13-30)14-31-8-3-4-24(35)36;1-27-15-7-11(13-10-24-17-9-12(20)4-6-25(13)17)8-16(28-2)18(15)14(26)3-5-19(21,22)23/h6,9-15H,3-5,7-8,30H2,1-2H3,(H,35,36);4,6-10H,3,5H2,1-2H3. The lowest BCUT2D eigenvalue weighted by Gasteiger charge is -2.15. The number of alkyl halides is 6. The summed E-state index contributed by atoms with van der Waals surface area (Å²) in [6, 6.07) is 13.6. The fraction of sp³-hybridized carbons (Fsp3) is 0.289. The van der Waals surface area contributed by atoms with Crippen LogP contribution in [-0.2, 0) is 4.79 Å². The van der Waals surface area contributed by atoms with Crippen molar-refractivity contribution in [3.8, 4) is 45.5 Å². The number of rotatable bonds is 18. The smallest absolute Gasteiger partial charge is 0.389 e. The molecule has 0 spiro atoms. The van der Waals surface area contributed by atoms with Crippen LogP contribution in [0.5, 0.6) is 23.0 Å². The number of nitrogens with zero attached hydrogens (tertiary/aromatic N) is 5. The quantitative estimate of drug-likeness (QED) is 0.0362. The first-order chi connectivity index (χ1) is 31.3. The molecule has 4 heterocycles. The second-order valence-electron chi connectivity index (χ2n) is 14.2. The number of imidazole rings is 2. The molecule has 14 nitrogen and oxygen atoms in total. The highest BCUT2D eigenvalue weighted by Gasteiger charge is 2.32. The molecule has 0 radical (unpaired) electrons.